The molecule has 8 heteroatoms. The molecule has 0 saturated heterocycles. The normalized spacial score (nSPS) is 20.7. The minimum Gasteiger partial charge on any atom is -0.481 e. The fraction of sp³-hybridized carbons (Fsp3) is 0.412. The standard InChI is InChI=1S/C17H19FN4O3/c18-11-6-8-12(9-7-11)22-19-10-15(21-22)16(23)20-14-5-3-1-2-4-13(14)17(24)25/h6-10,13-14H,1-5H2,(H,20,23)(H,24,25)/t13-,14+/m1/s1. The average molecular weight is 346 g/mol. The van der Waals surface area contributed by atoms with Gasteiger partial charge in [0.2, 0.25) is 0 Å². The van der Waals surface area contributed by atoms with Gasteiger partial charge in [-0.2, -0.15) is 9.90 Å². The number of hydrogen-bond donors (Lipinski definition) is 2. The van der Waals surface area contributed by atoms with Gasteiger partial charge in [-0.25, -0.2) is 4.39 Å². The number of rotatable bonds is 4. The molecule has 2 atom stereocenters. The molecule has 1 saturated carbocycles. The monoisotopic (exact) mass is 346 g/mol. The number of aromatic nitrogens is 3. The maximum Gasteiger partial charge on any atom is 0.308 e. The molecule has 25 heavy (non-hydrogen) atoms. The third-order valence-electron chi connectivity index (χ3n) is 4.43. The average Bonchev–Trinajstić information content (AvgIpc) is 2.96. The lowest BCUT2D eigenvalue weighted by atomic mass is 9.95. The minimum absolute atomic E-state index is 0.0951. The Morgan fingerprint density at radius 3 is 2.60 bits per heavy atom. The maximum atomic E-state index is 13.0. The number of nitrogens with one attached hydrogen (secondary N) is 1. The van der Waals surface area contributed by atoms with E-state index in [1.165, 1.54) is 35.3 Å². The van der Waals surface area contributed by atoms with Crippen molar-refractivity contribution in [2.24, 2.45) is 5.92 Å². The van der Waals surface area contributed by atoms with E-state index in [0.29, 0.717) is 18.5 Å². The molecule has 0 unspecified atom stereocenters. The summed E-state index contributed by atoms with van der Waals surface area (Å²) in [4.78, 5) is 25.1. The first-order valence-corrected chi connectivity index (χ1v) is 8.26. The fourth-order valence-corrected chi connectivity index (χ4v) is 3.08. The van der Waals surface area contributed by atoms with Crippen LogP contribution in [0.1, 0.15) is 42.6 Å². The summed E-state index contributed by atoms with van der Waals surface area (Å²) in [6.45, 7) is 0. The van der Waals surface area contributed by atoms with Gasteiger partial charge in [-0.05, 0) is 37.1 Å². The molecular weight excluding hydrogens is 327 g/mol. The van der Waals surface area contributed by atoms with Crippen LogP contribution in [-0.2, 0) is 4.79 Å². The SMILES string of the molecule is O=C(N[C@H]1CCCCC[C@H]1C(=O)O)c1cnn(-c2ccc(F)cc2)n1. The van der Waals surface area contributed by atoms with Crippen LogP contribution in [0.4, 0.5) is 4.39 Å². The van der Waals surface area contributed by atoms with Crippen molar-refractivity contribution in [2.45, 2.75) is 38.1 Å². The lowest BCUT2D eigenvalue weighted by molar-refractivity contribution is -0.142. The lowest BCUT2D eigenvalue weighted by Gasteiger charge is -2.22. The number of halogens is 1. The number of carbonyl (C=O) groups is 2. The number of aliphatic carboxylic acids is 1. The van der Waals surface area contributed by atoms with Crippen LogP contribution in [0.15, 0.2) is 30.5 Å². The quantitative estimate of drug-likeness (QED) is 0.827. The summed E-state index contributed by atoms with van der Waals surface area (Å²) in [6.07, 6.45) is 5.21. The maximum absolute atomic E-state index is 13.0. The van der Waals surface area contributed by atoms with E-state index in [2.05, 4.69) is 15.5 Å². The summed E-state index contributed by atoms with van der Waals surface area (Å²) in [5, 5.41) is 20.3. The second-order valence-electron chi connectivity index (χ2n) is 6.16. The molecule has 2 N–H and O–H groups in total. The van der Waals surface area contributed by atoms with Crippen LogP contribution in [0.25, 0.3) is 5.69 Å². The Morgan fingerprint density at radius 1 is 1.16 bits per heavy atom. The number of nitrogens with zero attached hydrogens (tertiary/aromatic N) is 3. The molecule has 0 aliphatic heterocycles. The Kier molecular flexibility index (Phi) is 5.06. The summed E-state index contributed by atoms with van der Waals surface area (Å²) in [5.41, 5.74) is 0.621. The van der Waals surface area contributed by atoms with Gasteiger partial charge in [0, 0.05) is 6.04 Å². The van der Waals surface area contributed by atoms with Crippen LogP contribution in [0, 0.1) is 11.7 Å². The van der Waals surface area contributed by atoms with Crippen molar-refractivity contribution in [3.05, 3.63) is 42.0 Å². The molecule has 1 amide bonds. The summed E-state index contributed by atoms with van der Waals surface area (Å²) >= 11 is 0. The van der Waals surface area contributed by atoms with Crippen molar-refractivity contribution in [3.8, 4) is 5.69 Å². The molecule has 7 nitrogen and oxygen atoms in total. The van der Waals surface area contributed by atoms with Crippen molar-refractivity contribution < 1.29 is 19.1 Å². The second kappa shape index (κ2) is 7.42. The summed E-state index contributed by atoms with van der Waals surface area (Å²) in [5.74, 6) is -2.30. The van der Waals surface area contributed by atoms with Gasteiger partial charge in [-0.15, -0.1) is 5.10 Å². The van der Waals surface area contributed by atoms with E-state index in [4.69, 9.17) is 0 Å². The zero-order valence-electron chi connectivity index (χ0n) is 13.6. The third-order valence-corrected chi connectivity index (χ3v) is 4.43. The highest BCUT2D eigenvalue weighted by molar-refractivity contribution is 5.92. The van der Waals surface area contributed by atoms with Crippen molar-refractivity contribution in [1.82, 2.24) is 20.3 Å². The molecule has 1 heterocycles. The van der Waals surface area contributed by atoms with Crippen molar-refractivity contribution in [2.75, 3.05) is 0 Å². The van der Waals surface area contributed by atoms with Crippen LogP contribution in [-0.4, -0.2) is 38.0 Å². The first-order chi connectivity index (χ1) is 12.0. The first kappa shape index (κ1) is 17.1. The molecule has 1 aliphatic rings. The Morgan fingerprint density at radius 2 is 1.88 bits per heavy atom. The van der Waals surface area contributed by atoms with Gasteiger partial charge in [0.25, 0.3) is 5.91 Å². The molecule has 1 fully saturated rings. The molecule has 1 aliphatic carbocycles. The zero-order chi connectivity index (χ0) is 17.8. The number of carboxylic acid groups (broad SMARTS) is 1. The lowest BCUT2D eigenvalue weighted by Crippen LogP contribution is -2.43. The predicted octanol–water partition coefficient (Wildman–Crippen LogP) is 2.17. The number of carbonyl (C=O) groups excluding carboxylic acids is 1. The molecule has 3 rings (SSSR count). The summed E-state index contributed by atoms with van der Waals surface area (Å²) in [7, 11) is 0. The third kappa shape index (κ3) is 4.01. The van der Waals surface area contributed by atoms with Gasteiger partial charge in [0.15, 0.2) is 5.69 Å². The van der Waals surface area contributed by atoms with Gasteiger partial charge in [0.1, 0.15) is 5.82 Å². The Hall–Kier alpha value is -2.77. The van der Waals surface area contributed by atoms with Crippen LogP contribution in [0.5, 0.6) is 0 Å². The summed E-state index contributed by atoms with van der Waals surface area (Å²) in [6, 6.07) is 5.15. The van der Waals surface area contributed by atoms with Crippen LogP contribution in [0.3, 0.4) is 0 Å². The van der Waals surface area contributed by atoms with E-state index in [0.717, 1.165) is 19.3 Å². The van der Waals surface area contributed by atoms with E-state index in [-0.39, 0.29) is 11.5 Å². The molecule has 0 bridgehead atoms. The fourth-order valence-electron chi connectivity index (χ4n) is 3.08. The number of carboxylic acids is 1. The Bertz CT molecular complexity index is 760. The number of hydrogen-bond acceptors (Lipinski definition) is 4. The van der Waals surface area contributed by atoms with E-state index in [1.807, 2.05) is 0 Å². The van der Waals surface area contributed by atoms with E-state index >= 15 is 0 Å². The largest absolute Gasteiger partial charge is 0.481 e. The van der Waals surface area contributed by atoms with E-state index in [9.17, 15) is 19.1 Å². The van der Waals surface area contributed by atoms with Gasteiger partial charge >= 0.3 is 5.97 Å². The molecule has 0 spiro atoms. The molecule has 1 aromatic carbocycles. The molecule has 1 aromatic heterocycles. The Balaban J connectivity index is 1.72. The zero-order valence-corrected chi connectivity index (χ0v) is 13.6. The van der Waals surface area contributed by atoms with Gasteiger partial charge in [0.05, 0.1) is 17.8 Å². The smallest absolute Gasteiger partial charge is 0.308 e. The first-order valence-electron chi connectivity index (χ1n) is 8.26. The molecular formula is C17H19FN4O3. The second-order valence-corrected chi connectivity index (χ2v) is 6.16. The van der Waals surface area contributed by atoms with Crippen LogP contribution < -0.4 is 5.32 Å². The van der Waals surface area contributed by atoms with Crippen molar-refractivity contribution >= 4 is 11.9 Å². The van der Waals surface area contributed by atoms with E-state index in [1.54, 1.807) is 0 Å². The minimum atomic E-state index is -0.887. The van der Waals surface area contributed by atoms with Crippen LogP contribution >= 0.6 is 0 Å². The molecule has 0 radical (unpaired) electrons. The van der Waals surface area contributed by atoms with Gasteiger partial charge < -0.3 is 10.4 Å². The summed E-state index contributed by atoms with van der Waals surface area (Å²) < 4.78 is 13.0. The number of amides is 1. The van der Waals surface area contributed by atoms with E-state index < -0.39 is 23.8 Å². The molecule has 2 aromatic rings. The Labute approximate surface area is 143 Å². The highest BCUT2D eigenvalue weighted by Crippen LogP contribution is 2.24. The highest BCUT2D eigenvalue weighted by Gasteiger charge is 2.31. The topological polar surface area (TPSA) is 97.1 Å². The number of benzene rings is 1. The van der Waals surface area contributed by atoms with Gasteiger partial charge in [-0.3, -0.25) is 9.59 Å². The van der Waals surface area contributed by atoms with Crippen molar-refractivity contribution in [1.29, 1.82) is 0 Å². The highest BCUT2D eigenvalue weighted by atomic mass is 19.1. The van der Waals surface area contributed by atoms with Gasteiger partial charge in [-0.1, -0.05) is 19.3 Å². The van der Waals surface area contributed by atoms with Crippen LogP contribution in [0.2, 0.25) is 0 Å². The van der Waals surface area contributed by atoms with Crippen molar-refractivity contribution in [3.63, 3.8) is 0 Å². The molecule has 132 valence electrons. The predicted molar refractivity (Wildman–Crippen MR) is 86.8 cm³/mol.